The number of carbonyl (C=O) groups excluding carboxylic acids is 1. The zero-order chi connectivity index (χ0) is 13.0. The van der Waals surface area contributed by atoms with Crippen molar-refractivity contribution in [2.24, 2.45) is 5.73 Å². The third-order valence-corrected chi connectivity index (χ3v) is 3.11. The van der Waals surface area contributed by atoms with E-state index in [1.807, 2.05) is 0 Å². The topological polar surface area (TPSA) is 107 Å². The first kappa shape index (κ1) is 12.8. The van der Waals surface area contributed by atoms with Gasteiger partial charge in [-0.15, -0.1) is 0 Å². The van der Waals surface area contributed by atoms with E-state index in [-0.39, 0.29) is 0 Å². The summed E-state index contributed by atoms with van der Waals surface area (Å²) in [6.07, 6.45) is 3.18. The number of nitrogens with one attached hydrogen (secondary N) is 1. The van der Waals surface area contributed by atoms with Crippen LogP contribution in [0.5, 0.6) is 0 Å². The monoisotopic (exact) mass is 267 g/mol. The van der Waals surface area contributed by atoms with Gasteiger partial charge in [0, 0.05) is 5.75 Å². The first-order chi connectivity index (χ1) is 8.70. The summed E-state index contributed by atoms with van der Waals surface area (Å²) in [7, 11) is 0. The van der Waals surface area contributed by atoms with Gasteiger partial charge in [0.1, 0.15) is 11.6 Å². The molecule has 0 saturated carbocycles. The molecule has 0 aromatic carbocycles. The number of H-pyrrole nitrogens is 1. The Bertz CT molecular complexity index is 544. The number of thioether (sulfide) groups is 1. The molecular weight excluding hydrogens is 254 g/mol. The molecule has 0 saturated heterocycles. The van der Waals surface area contributed by atoms with E-state index in [0.717, 1.165) is 0 Å². The minimum atomic E-state index is -0.670. The highest BCUT2D eigenvalue weighted by atomic mass is 32.2. The molecule has 0 aliphatic rings. The van der Waals surface area contributed by atoms with Gasteiger partial charge in [-0.1, -0.05) is 11.8 Å². The minimum absolute atomic E-state index is 0.327. The summed E-state index contributed by atoms with van der Waals surface area (Å²) in [4.78, 5) is 26.6. The highest BCUT2D eigenvalue weighted by molar-refractivity contribution is 7.99. The van der Waals surface area contributed by atoms with Crippen LogP contribution in [0.1, 0.15) is 6.92 Å². The summed E-state index contributed by atoms with van der Waals surface area (Å²) in [5, 5.41) is 0.548. The Kier molecular flexibility index (Phi) is 4.11. The Morgan fingerprint density at radius 3 is 3.22 bits per heavy atom. The maximum atomic E-state index is 11.3. The number of ether oxygens (including phenoxy) is 1. The fourth-order valence-corrected chi connectivity index (χ4v) is 2.02. The summed E-state index contributed by atoms with van der Waals surface area (Å²) >= 11 is 1.31. The van der Waals surface area contributed by atoms with Gasteiger partial charge < -0.3 is 15.5 Å². The Labute approximate surface area is 108 Å². The minimum Gasteiger partial charge on any atom is -0.465 e. The molecule has 2 heterocycles. The molecule has 0 fully saturated rings. The predicted molar refractivity (Wildman–Crippen MR) is 67.0 cm³/mol. The maximum absolute atomic E-state index is 11.3. The van der Waals surface area contributed by atoms with E-state index in [9.17, 15) is 4.79 Å². The lowest BCUT2D eigenvalue weighted by atomic mass is 10.4. The maximum Gasteiger partial charge on any atom is 0.323 e. The number of nitrogens with two attached hydrogens (primary N) is 1. The van der Waals surface area contributed by atoms with Crippen molar-refractivity contribution in [1.82, 2.24) is 19.9 Å². The number of imidazole rings is 1. The second-order valence-electron chi connectivity index (χ2n) is 3.46. The van der Waals surface area contributed by atoms with E-state index in [4.69, 9.17) is 10.5 Å². The van der Waals surface area contributed by atoms with E-state index < -0.39 is 12.0 Å². The molecule has 3 N–H and O–H groups in total. The SMILES string of the molecule is CCOC(=O)[C@@H](N)CSc1ncc2nc[nH]c2n1. The standard InChI is InChI=1S/C10H13N5O2S/c1-2-17-9(16)6(11)4-18-10-12-3-7-8(15-10)14-5-13-7/h3,5-6H,2,4,11H2,1H3,(H,12,13,14,15)/t6-/m0/s1. The van der Waals surface area contributed by atoms with Crippen molar-refractivity contribution in [2.75, 3.05) is 12.4 Å². The van der Waals surface area contributed by atoms with Crippen LogP contribution in [0.25, 0.3) is 11.2 Å². The van der Waals surface area contributed by atoms with Crippen LogP contribution in [0.4, 0.5) is 0 Å². The van der Waals surface area contributed by atoms with Crippen molar-refractivity contribution in [3.05, 3.63) is 12.5 Å². The molecule has 18 heavy (non-hydrogen) atoms. The Morgan fingerprint density at radius 1 is 1.61 bits per heavy atom. The molecular formula is C10H13N5O2S. The lowest BCUT2D eigenvalue weighted by Gasteiger charge is -2.08. The predicted octanol–water partition coefficient (Wildman–Crippen LogP) is 0.335. The highest BCUT2D eigenvalue weighted by Crippen LogP contribution is 2.15. The van der Waals surface area contributed by atoms with Gasteiger partial charge >= 0.3 is 5.97 Å². The van der Waals surface area contributed by atoms with Crippen molar-refractivity contribution in [2.45, 2.75) is 18.1 Å². The van der Waals surface area contributed by atoms with Gasteiger partial charge in [0.2, 0.25) is 0 Å². The lowest BCUT2D eigenvalue weighted by molar-refractivity contribution is -0.144. The number of hydrogen-bond acceptors (Lipinski definition) is 7. The second kappa shape index (κ2) is 5.78. The highest BCUT2D eigenvalue weighted by Gasteiger charge is 2.15. The van der Waals surface area contributed by atoms with Crippen molar-refractivity contribution in [3.63, 3.8) is 0 Å². The largest absolute Gasteiger partial charge is 0.465 e. The molecule has 0 aliphatic carbocycles. The average Bonchev–Trinajstić information content (AvgIpc) is 2.83. The van der Waals surface area contributed by atoms with E-state index in [1.54, 1.807) is 19.4 Å². The average molecular weight is 267 g/mol. The molecule has 0 aliphatic heterocycles. The van der Waals surface area contributed by atoms with E-state index >= 15 is 0 Å². The number of carbonyl (C=O) groups is 1. The van der Waals surface area contributed by atoms with Crippen LogP contribution in [0.15, 0.2) is 17.7 Å². The van der Waals surface area contributed by atoms with Gasteiger partial charge in [-0.05, 0) is 6.92 Å². The first-order valence-electron chi connectivity index (χ1n) is 5.42. The number of hydrogen-bond donors (Lipinski definition) is 2. The van der Waals surface area contributed by atoms with E-state index in [0.29, 0.717) is 28.7 Å². The Hall–Kier alpha value is -1.67. The number of fused-ring (bicyclic) bond motifs is 1. The van der Waals surface area contributed by atoms with Crippen molar-refractivity contribution >= 4 is 28.9 Å². The number of esters is 1. The third-order valence-electron chi connectivity index (χ3n) is 2.13. The molecule has 0 radical (unpaired) electrons. The third kappa shape index (κ3) is 2.96. The fourth-order valence-electron chi connectivity index (χ4n) is 1.27. The van der Waals surface area contributed by atoms with Crippen molar-refractivity contribution in [3.8, 4) is 0 Å². The number of aromatic nitrogens is 4. The molecule has 0 spiro atoms. The molecule has 0 bridgehead atoms. The number of nitrogens with zero attached hydrogens (tertiary/aromatic N) is 3. The number of aromatic amines is 1. The van der Waals surface area contributed by atoms with Crippen LogP contribution >= 0.6 is 11.8 Å². The normalized spacial score (nSPS) is 12.6. The summed E-state index contributed by atoms with van der Waals surface area (Å²) in [5.41, 5.74) is 7.04. The van der Waals surface area contributed by atoms with Gasteiger partial charge in [0.05, 0.1) is 19.1 Å². The first-order valence-corrected chi connectivity index (χ1v) is 6.40. The molecule has 8 heteroatoms. The quantitative estimate of drug-likeness (QED) is 0.457. The zero-order valence-corrected chi connectivity index (χ0v) is 10.6. The smallest absolute Gasteiger partial charge is 0.323 e. The summed E-state index contributed by atoms with van der Waals surface area (Å²) < 4.78 is 4.82. The van der Waals surface area contributed by atoms with E-state index in [1.165, 1.54) is 11.8 Å². The second-order valence-corrected chi connectivity index (χ2v) is 4.45. The molecule has 0 amide bonds. The Balaban J connectivity index is 1.95. The molecule has 2 aromatic rings. The lowest BCUT2D eigenvalue weighted by Crippen LogP contribution is -2.34. The van der Waals surface area contributed by atoms with Crippen molar-refractivity contribution < 1.29 is 9.53 Å². The summed E-state index contributed by atoms with van der Waals surface area (Å²) in [5.74, 6) is -0.0361. The van der Waals surface area contributed by atoms with Gasteiger partial charge in [0.25, 0.3) is 0 Å². The van der Waals surface area contributed by atoms with Crippen molar-refractivity contribution in [1.29, 1.82) is 0 Å². The summed E-state index contributed by atoms with van der Waals surface area (Å²) in [6, 6.07) is -0.670. The fraction of sp³-hybridized carbons (Fsp3) is 0.400. The molecule has 2 aromatic heterocycles. The number of rotatable bonds is 5. The molecule has 2 rings (SSSR count). The van der Waals surface area contributed by atoms with Gasteiger partial charge in [-0.2, -0.15) is 0 Å². The van der Waals surface area contributed by atoms with Gasteiger partial charge in [-0.3, -0.25) is 4.79 Å². The van der Waals surface area contributed by atoms with E-state index in [2.05, 4.69) is 19.9 Å². The van der Waals surface area contributed by atoms with Crippen LogP contribution in [0, 0.1) is 0 Å². The van der Waals surface area contributed by atoms with Crippen LogP contribution in [-0.4, -0.2) is 44.3 Å². The van der Waals surface area contributed by atoms with Gasteiger partial charge in [-0.25, -0.2) is 15.0 Å². The Morgan fingerprint density at radius 2 is 2.44 bits per heavy atom. The molecule has 0 unspecified atom stereocenters. The summed E-state index contributed by atoms with van der Waals surface area (Å²) in [6.45, 7) is 2.07. The van der Waals surface area contributed by atoms with Crippen LogP contribution in [0.3, 0.4) is 0 Å². The van der Waals surface area contributed by atoms with Crippen LogP contribution < -0.4 is 5.73 Å². The van der Waals surface area contributed by atoms with Crippen LogP contribution in [-0.2, 0) is 9.53 Å². The van der Waals surface area contributed by atoms with Crippen LogP contribution in [0.2, 0.25) is 0 Å². The molecule has 7 nitrogen and oxygen atoms in total. The zero-order valence-electron chi connectivity index (χ0n) is 9.79. The molecule has 1 atom stereocenters. The van der Waals surface area contributed by atoms with Gasteiger partial charge in [0.15, 0.2) is 10.8 Å². The molecule has 96 valence electrons.